The van der Waals surface area contributed by atoms with Gasteiger partial charge in [0.15, 0.2) is 9.84 Å². The Kier molecular flexibility index (Phi) is 3.46. The highest BCUT2D eigenvalue weighted by Crippen LogP contribution is 2.62. The molecule has 0 spiro atoms. The summed E-state index contributed by atoms with van der Waals surface area (Å²) in [4.78, 5) is 6.46. The summed E-state index contributed by atoms with van der Waals surface area (Å²) >= 11 is 0. The first kappa shape index (κ1) is 14.7. The number of rotatable bonds is 5. The Morgan fingerprint density at radius 2 is 1.90 bits per heavy atom. The summed E-state index contributed by atoms with van der Waals surface area (Å²) in [5, 5.41) is 18.8. The zero-order chi connectivity index (χ0) is 15.3. The second-order valence-corrected chi connectivity index (χ2v) is 8.40. The summed E-state index contributed by atoms with van der Waals surface area (Å²) in [6.07, 6.45) is 2.81. The zero-order valence-electron chi connectivity index (χ0n) is 11.9. The van der Waals surface area contributed by atoms with Gasteiger partial charge in [0, 0.05) is 31.0 Å². The van der Waals surface area contributed by atoms with Gasteiger partial charge in [0.05, 0.1) is 19.0 Å². The molecule has 7 heteroatoms. The second kappa shape index (κ2) is 4.93. The zero-order valence-corrected chi connectivity index (χ0v) is 12.8. The van der Waals surface area contributed by atoms with Gasteiger partial charge in [-0.1, -0.05) is 6.07 Å². The molecule has 2 unspecified atom stereocenters. The minimum Gasteiger partial charge on any atom is -0.396 e. The van der Waals surface area contributed by atoms with Crippen LogP contribution in [0.3, 0.4) is 0 Å². The standard InChI is InChI=1S/C14H20N2O4S/c1-21(19,20)7-10-2-3-13(15-4-10)16-5-11-12(6-16)14(11,8-17)9-18/h2-4,11-12,17-18H,5-9H2,1H3. The van der Waals surface area contributed by atoms with Gasteiger partial charge in [0.25, 0.3) is 0 Å². The molecule has 2 aliphatic rings. The average molecular weight is 312 g/mol. The molecule has 2 N–H and O–H groups in total. The molecule has 1 aliphatic heterocycles. The molecule has 1 saturated heterocycles. The van der Waals surface area contributed by atoms with Crippen molar-refractivity contribution in [3.8, 4) is 0 Å². The van der Waals surface area contributed by atoms with E-state index in [4.69, 9.17) is 0 Å². The number of hydrogen-bond acceptors (Lipinski definition) is 6. The maximum atomic E-state index is 11.2. The van der Waals surface area contributed by atoms with Crippen molar-refractivity contribution in [1.29, 1.82) is 0 Å². The molecule has 3 rings (SSSR count). The van der Waals surface area contributed by atoms with Crippen LogP contribution in [0, 0.1) is 17.3 Å². The molecule has 0 amide bonds. The van der Waals surface area contributed by atoms with E-state index in [1.807, 2.05) is 6.07 Å². The molecule has 1 saturated carbocycles. The number of piperidine rings is 1. The number of aliphatic hydroxyl groups is 2. The molecular weight excluding hydrogens is 292 g/mol. The van der Waals surface area contributed by atoms with Gasteiger partial charge in [-0.25, -0.2) is 13.4 Å². The largest absolute Gasteiger partial charge is 0.396 e. The molecule has 0 bridgehead atoms. The minimum atomic E-state index is -3.04. The first-order valence-electron chi connectivity index (χ1n) is 6.99. The summed E-state index contributed by atoms with van der Waals surface area (Å²) in [7, 11) is -3.04. The summed E-state index contributed by atoms with van der Waals surface area (Å²) in [5.74, 6) is 1.48. The van der Waals surface area contributed by atoms with Crippen molar-refractivity contribution in [1.82, 2.24) is 4.98 Å². The van der Waals surface area contributed by atoms with Gasteiger partial charge in [-0.15, -0.1) is 0 Å². The normalized spacial score (nSPS) is 26.7. The number of pyridine rings is 1. The summed E-state index contributed by atoms with van der Waals surface area (Å²) in [6, 6.07) is 3.63. The van der Waals surface area contributed by atoms with Gasteiger partial charge in [0.1, 0.15) is 5.82 Å². The first-order chi connectivity index (χ1) is 9.89. The fraction of sp³-hybridized carbons (Fsp3) is 0.643. The molecule has 2 atom stereocenters. The maximum Gasteiger partial charge on any atom is 0.151 e. The number of fused-ring (bicyclic) bond motifs is 1. The predicted octanol–water partition coefficient (Wildman–Crippen LogP) is -0.337. The molecule has 116 valence electrons. The highest BCUT2D eigenvalue weighted by molar-refractivity contribution is 7.89. The van der Waals surface area contributed by atoms with Crippen molar-refractivity contribution in [3.63, 3.8) is 0 Å². The predicted molar refractivity (Wildman–Crippen MR) is 78.6 cm³/mol. The number of hydrogen-bond donors (Lipinski definition) is 2. The number of sulfone groups is 1. The number of nitrogens with zero attached hydrogens (tertiary/aromatic N) is 2. The van der Waals surface area contributed by atoms with Crippen LogP contribution < -0.4 is 4.90 Å². The van der Waals surface area contributed by atoms with Gasteiger partial charge >= 0.3 is 0 Å². The average Bonchev–Trinajstić information content (AvgIpc) is 2.79. The Hall–Kier alpha value is -1.18. The summed E-state index contributed by atoms with van der Waals surface area (Å²) < 4.78 is 22.5. The molecule has 1 aromatic heterocycles. The van der Waals surface area contributed by atoms with Crippen LogP contribution in [0.15, 0.2) is 18.3 Å². The van der Waals surface area contributed by atoms with E-state index in [9.17, 15) is 18.6 Å². The van der Waals surface area contributed by atoms with Crippen LogP contribution in [-0.2, 0) is 15.6 Å². The highest BCUT2D eigenvalue weighted by Gasteiger charge is 2.67. The van der Waals surface area contributed by atoms with Crippen molar-refractivity contribution in [3.05, 3.63) is 23.9 Å². The Bertz CT molecular complexity index is 611. The van der Waals surface area contributed by atoms with Gasteiger partial charge in [-0.05, 0) is 23.5 Å². The fourth-order valence-electron chi connectivity index (χ4n) is 3.54. The lowest BCUT2D eigenvalue weighted by molar-refractivity contribution is 0.109. The lowest BCUT2D eigenvalue weighted by Gasteiger charge is -2.25. The van der Waals surface area contributed by atoms with Crippen molar-refractivity contribution in [2.24, 2.45) is 17.3 Å². The van der Waals surface area contributed by atoms with Crippen LogP contribution in [0.2, 0.25) is 0 Å². The van der Waals surface area contributed by atoms with Crippen molar-refractivity contribution < 1.29 is 18.6 Å². The van der Waals surface area contributed by atoms with E-state index >= 15 is 0 Å². The molecule has 6 nitrogen and oxygen atoms in total. The number of aliphatic hydroxyl groups excluding tert-OH is 2. The third-order valence-electron chi connectivity index (χ3n) is 4.84. The van der Waals surface area contributed by atoms with Crippen LogP contribution in [-0.4, -0.2) is 56.2 Å². The monoisotopic (exact) mass is 312 g/mol. The lowest BCUT2D eigenvalue weighted by Crippen LogP contribution is -2.32. The van der Waals surface area contributed by atoms with Gasteiger partial charge in [0.2, 0.25) is 0 Å². The molecule has 0 aromatic carbocycles. The van der Waals surface area contributed by atoms with Crippen LogP contribution in [0.4, 0.5) is 5.82 Å². The first-order valence-corrected chi connectivity index (χ1v) is 9.05. The molecule has 0 radical (unpaired) electrons. The summed E-state index contributed by atoms with van der Waals surface area (Å²) in [6.45, 7) is 1.63. The molecule has 2 heterocycles. The van der Waals surface area contributed by atoms with Gasteiger partial charge < -0.3 is 15.1 Å². The van der Waals surface area contributed by atoms with Crippen LogP contribution >= 0.6 is 0 Å². The molecular formula is C14H20N2O4S. The Balaban J connectivity index is 1.66. The molecule has 1 aliphatic carbocycles. The Labute approximate surface area is 124 Å². The second-order valence-electron chi connectivity index (χ2n) is 6.26. The molecule has 21 heavy (non-hydrogen) atoms. The van der Waals surface area contributed by atoms with Gasteiger partial charge in [-0.2, -0.15) is 0 Å². The van der Waals surface area contributed by atoms with E-state index in [0.29, 0.717) is 17.4 Å². The molecule has 2 fully saturated rings. The SMILES string of the molecule is CS(=O)(=O)Cc1ccc(N2CC3C(C2)C3(CO)CO)nc1. The number of anilines is 1. The third kappa shape index (κ3) is 2.54. The van der Waals surface area contributed by atoms with E-state index in [0.717, 1.165) is 18.9 Å². The van der Waals surface area contributed by atoms with E-state index < -0.39 is 9.84 Å². The van der Waals surface area contributed by atoms with Crippen LogP contribution in [0.25, 0.3) is 0 Å². The minimum absolute atomic E-state index is 0.00364. The van der Waals surface area contributed by atoms with Crippen molar-refractivity contribution in [2.45, 2.75) is 5.75 Å². The quantitative estimate of drug-likeness (QED) is 0.773. The van der Waals surface area contributed by atoms with Crippen molar-refractivity contribution >= 4 is 15.7 Å². The van der Waals surface area contributed by atoms with E-state index in [-0.39, 0.29) is 24.4 Å². The Morgan fingerprint density at radius 3 is 2.33 bits per heavy atom. The van der Waals surface area contributed by atoms with E-state index in [1.54, 1.807) is 12.3 Å². The number of aromatic nitrogens is 1. The van der Waals surface area contributed by atoms with Crippen LogP contribution in [0.5, 0.6) is 0 Å². The summed E-state index contributed by atoms with van der Waals surface area (Å²) in [5.41, 5.74) is 0.387. The van der Waals surface area contributed by atoms with E-state index in [2.05, 4.69) is 9.88 Å². The smallest absolute Gasteiger partial charge is 0.151 e. The Morgan fingerprint density at radius 1 is 1.29 bits per heavy atom. The maximum absolute atomic E-state index is 11.2. The van der Waals surface area contributed by atoms with Crippen molar-refractivity contribution in [2.75, 3.05) is 37.5 Å². The topological polar surface area (TPSA) is 90.7 Å². The van der Waals surface area contributed by atoms with Gasteiger partial charge in [-0.3, -0.25) is 0 Å². The molecule has 1 aromatic rings. The lowest BCUT2D eigenvalue weighted by atomic mass is 10.0. The highest BCUT2D eigenvalue weighted by atomic mass is 32.2. The van der Waals surface area contributed by atoms with E-state index in [1.165, 1.54) is 6.26 Å². The van der Waals surface area contributed by atoms with Crippen LogP contribution in [0.1, 0.15) is 5.56 Å². The fourth-order valence-corrected chi connectivity index (χ4v) is 4.31. The third-order valence-corrected chi connectivity index (χ3v) is 5.70.